The van der Waals surface area contributed by atoms with E-state index >= 15 is 0 Å². The lowest BCUT2D eigenvalue weighted by Crippen LogP contribution is -2.13. The highest BCUT2D eigenvalue weighted by Gasteiger charge is 2.12. The van der Waals surface area contributed by atoms with Crippen LogP contribution < -0.4 is 0 Å². The van der Waals surface area contributed by atoms with E-state index in [2.05, 4.69) is 11.3 Å². The number of carboxylic acid groups (broad SMARTS) is 2. The Bertz CT molecular complexity index is 267. The molecular formula is C8H10O6. The SMILES string of the molecule is C=C(CC(=O)O)C(=O)OCCC(=O)O. The van der Waals surface area contributed by atoms with Crippen molar-refractivity contribution in [3.05, 3.63) is 12.2 Å². The van der Waals surface area contributed by atoms with E-state index < -0.39 is 24.3 Å². The molecular weight excluding hydrogens is 192 g/mol. The molecule has 0 spiro atoms. The van der Waals surface area contributed by atoms with Crippen molar-refractivity contribution in [3.8, 4) is 0 Å². The average molecular weight is 202 g/mol. The summed E-state index contributed by atoms with van der Waals surface area (Å²) in [6.45, 7) is 2.90. The molecule has 78 valence electrons. The minimum absolute atomic E-state index is 0.206. The predicted molar refractivity (Wildman–Crippen MR) is 44.6 cm³/mol. The third-order valence-electron chi connectivity index (χ3n) is 1.20. The molecule has 0 atom stereocenters. The average Bonchev–Trinajstić information content (AvgIpc) is 2.01. The van der Waals surface area contributed by atoms with Gasteiger partial charge in [-0.15, -0.1) is 0 Å². The maximum Gasteiger partial charge on any atom is 0.334 e. The molecule has 0 saturated carbocycles. The number of ether oxygens (including phenoxy) is 1. The van der Waals surface area contributed by atoms with Gasteiger partial charge < -0.3 is 14.9 Å². The molecule has 0 heterocycles. The van der Waals surface area contributed by atoms with E-state index in [1.54, 1.807) is 0 Å². The number of hydrogen-bond acceptors (Lipinski definition) is 4. The number of hydrogen-bond donors (Lipinski definition) is 2. The molecule has 0 amide bonds. The van der Waals surface area contributed by atoms with Crippen molar-refractivity contribution in [2.45, 2.75) is 12.8 Å². The van der Waals surface area contributed by atoms with Crippen molar-refractivity contribution in [3.63, 3.8) is 0 Å². The molecule has 14 heavy (non-hydrogen) atoms. The lowest BCUT2D eigenvalue weighted by atomic mass is 10.2. The number of aliphatic carboxylic acids is 2. The molecule has 0 aromatic carbocycles. The van der Waals surface area contributed by atoms with Crippen LogP contribution in [0.3, 0.4) is 0 Å². The van der Waals surface area contributed by atoms with Crippen LogP contribution in [0.25, 0.3) is 0 Å². The smallest absolute Gasteiger partial charge is 0.334 e. The Hall–Kier alpha value is -1.85. The number of carboxylic acids is 2. The van der Waals surface area contributed by atoms with E-state index in [1.165, 1.54) is 0 Å². The first-order valence-electron chi connectivity index (χ1n) is 3.72. The first-order chi connectivity index (χ1) is 6.43. The van der Waals surface area contributed by atoms with Gasteiger partial charge in [0.25, 0.3) is 0 Å². The fourth-order valence-corrected chi connectivity index (χ4v) is 0.588. The highest BCUT2D eigenvalue weighted by atomic mass is 16.5. The Morgan fingerprint density at radius 3 is 2.14 bits per heavy atom. The molecule has 0 aliphatic carbocycles. The topological polar surface area (TPSA) is 101 Å². The summed E-state index contributed by atoms with van der Waals surface area (Å²) in [4.78, 5) is 31.0. The Morgan fingerprint density at radius 2 is 1.71 bits per heavy atom. The third-order valence-corrected chi connectivity index (χ3v) is 1.20. The molecule has 0 bridgehead atoms. The van der Waals surface area contributed by atoms with Crippen LogP contribution in [0, 0.1) is 0 Å². The fourth-order valence-electron chi connectivity index (χ4n) is 0.588. The van der Waals surface area contributed by atoms with Gasteiger partial charge in [0, 0.05) is 5.57 Å². The summed E-state index contributed by atoms with van der Waals surface area (Å²) < 4.78 is 4.43. The van der Waals surface area contributed by atoms with Crippen LogP contribution in [-0.4, -0.2) is 34.7 Å². The second kappa shape index (κ2) is 5.74. The van der Waals surface area contributed by atoms with Crippen LogP contribution in [0.2, 0.25) is 0 Å². The molecule has 0 aromatic heterocycles. The van der Waals surface area contributed by atoms with Crippen LogP contribution in [0.15, 0.2) is 12.2 Å². The van der Waals surface area contributed by atoms with Gasteiger partial charge in [0.15, 0.2) is 0 Å². The minimum atomic E-state index is -1.19. The molecule has 0 saturated heterocycles. The van der Waals surface area contributed by atoms with E-state index in [1.807, 2.05) is 0 Å². The highest BCUT2D eigenvalue weighted by Crippen LogP contribution is 2.01. The molecule has 0 aromatic rings. The second-order valence-corrected chi connectivity index (χ2v) is 2.45. The van der Waals surface area contributed by atoms with Gasteiger partial charge in [0.05, 0.1) is 12.8 Å². The van der Waals surface area contributed by atoms with Crippen molar-refractivity contribution >= 4 is 17.9 Å². The molecule has 0 unspecified atom stereocenters. The van der Waals surface area contributed by atoms with Crippen molar-refractivity contribution in [2.75, 3.05) is 6.61 Å². The summed E-state index contributed by atoms with van der Waals surface area (Å²) >= 11 is 0. The predicted octanol–water partition coefficient (Wildman–Crippen LogP) is 0.0352. The summed E-state index contributed by atoms with van der Waals surface area (Å²) in [7, 11) is 0. The molecule has 6 heteroatoms. The maximum absolute atomic E-state index is 10.9. The number of rotatable bonds is 6. The first-order valence-corrected chi connectivity index (χ1v) is 3.72. The zero-order chi connectivity index (χ0) is 11.1. The largest absolute Gasteiger partial charge is 0.481 e. The Morgan fingerprint density at radius 1 is 1.14 bits per heavy atom. The van der Waals surface area contributed by atoms with E-state index in [9.17, 15) is 14.4 Å². The van der Waals surface area contributed by atoms with Gasteiger partial charge in [-0.2, -0.15) is 0 Å². The summed E-state index contributed by atoms with van der Waals surface area (Å²) in [5.41, 5.74) is -0.206. The first kappa shape index (κ1) is 12.2. The molecule has 0 aliphatic heterocycles. The fraction of sp³-hybridized carbons (Fsp3) is 0.375. The molecule has 0 radical (unpaired) electrons. The van der Waals surface area contributed by atoms with Gasteiger partial charge in [-0.05, 0) is 0 Å². The van der Waals surface area contributed by atoms with E-state index in [4.69, 9.17) is 10.2 Å². The standard InChI is InChI=1S/C8H10O6/c1-5(4-7(11)12)8(13)14-3-2-6(9)10/h1-4H2,(H,9,10)(H,11,12). The Balaban J connectivity index is 3.79. The van der Waals surface area contributed by atoms with Crippen molar-refractivity contribution in [2.24, 2.45) is 0 Å². The minimum Gasteiger partial charge on any atom is -0.481 e. The van der Waals surface area contributed by atoms with E-state index in [-0.39, 0.29) is 18.6 Å². The van der Waals surface area contributed by atoms with Crippen molar-refractivity contribution < 1.29 is 29.3 Å². The van der Waals surface area contributed by atoms with E-state index in [0.29, 0.717) is 0 Å². The zero-order valence-electron chi connectivity index (χ0n) is 7.36. The quantitative estimate of drug-likeness (QED) is 0.465. The van der Waals surface area contributed by atoms with Crippen LogP contribution >= 0.6 is 0 Å². The molecule has 0 fully saturated rings. The number of esters is 1. The van der Waals surface area contributed by atoms with Crippen LogP contribution in [0.4, 0.5) is 0 Å². The maximum atomic E-state index is 10.9. The summed E-state index contributed by atoms with van der Waals surface area (Å²) in [6, 6.07) is 0. The lowest BCUT2D eigenvalue weighted by Gasteiger charge is -2.03. The molecule has 2 N–H and O–H groups in total. The van der Waals surface area contributed by atoms with Crippen molar-refractivity contribution in [1.82, 2.24) is 0 Å². The highest BCUT2D eigenvalue weighted by molar-refractivity contribution is 5.92. The van der Waals surface area contributed by atoms with Crippen LogP contribution in [-0.2, 0) is 19.1 Å². The summed E-state index contributed by atoms with van der Waals surface area (Å²) in [5.74, 6) is -3.17. The molecule has 0 rings (SSSR count). The monoisotopic (exact) mass is 202 g/mol. The van der Waals surface area contributed by atoms with Crippen LogP contribution in [0.1, 0.15) is 12.8 Å². The van der Waals surface area contributed by atoms with Crippen LogP contribution in [0.5, 0.6) is 0 Å². The van der Waals surface area contributed by atoms with Gasteiger partial charge >= 0.3 is 17.9 Å². The third kappa shape index (κ3) is 5.76. The van der Waals surface area contributed by atoms with Gasteiger partial charge in [-0.1, -0.05) is 6.58 Å². The van der Waals surface area contributed by atoms with E-state index in [0.717, 1.165) is 0 Å². The normalized spacial score (nSPS) is 9.14. The number of carbonyl (C=O) groups excluding carboxylic acids is 1. The van der Waals surface area contributed by atoms with Crippen molar-refractivity contribution in [1.29, 1.82) is 0 Å². The van der Waals surface area contributed by atoms with Gasteiger partial charge in [-0.25, -0.2) is 4.79 Å². The Labute approximate surface area is 79.8 Å². The van der Waals surface area contributed by atoms with Gasteiger partial charge in [-0.3, -0.25) is 9.59 Å². The second-order valence-electron chi connectivity index (χ2n) is 2.45. The number of carbonyl (C=O) groups is 3. The lowest BCUT2D eigenvalue weighted by molar-refractivity contribution is -0.145. The summed E-state index contributed by atoms with van der Waals surface area (Å²) in [5, 5.41) is 16.5. The van der Waals surface area contributed by atoms with Gasteiger partial charge in [0.2, 0.25) is 0 Å². The van der Waals surface area contributed by atoms with Gasteiger partial charge in [0.1, 0.15) is 6.61 Å². The zero-order valence-corrected chi connectivity index (χ0v) is 7.36. The molecule has 0 aliphatic rings. The molecule has 6 nitrogen and oxygen atoms in total. The summed E-state index contributed by atoms with van der Waals surface area (Å²) in [6.07, 6.45) is -0.821. The Kier molecular flexibility index (Phi) is 4.98.